The van der Waals surface area contributed by atoms with Gasteiger partial charge in [-0.1, -0.05) is 42.5 Å². The van der Waals surface area contributed by atoms with E-state index in [1.807, 2.05) is 54.6 Å². The molecule has 0 aliphatic rings. The maximum atomic E-state index is 12.9. The van der Waals surface area contributed by atoms with Crippen LogP contribution in [0, 0.1) is 0 Å². The molecule has 0 aliphatic heterocycles. The number of methoxy groups -OCH3 is 2. The molecule has 0 aliphatic carbocycles. The van der Waals surface area contributed by atoms with Crippen LogP contribution in [0.3, 0.4) is 0 Å². The van der Waals surface area contributed by atoms with Crippen molar-refractivity contribution in [3.8, 4) is 34.3 Å². The average molecular weight is 400 g/mol. The molecule has 1 aromatic heterocycles. The Hall–Kier alpha value is -4.06. The summed E-state index contributed by atoms with van der Waals surface area (Å²) in [6.45, 7) is 0. The Morgan fingerprint density at radius 2 is 1.53 bits per heavy atom. The summed E-state index contributed by atoms with van der Waals surface area (Å²) in [6.07, 6.45) is 0. The Morgan fingerprint density at radius 3 is 2.23 bits per heavy atom. The van der Waals surface area contributed by atoms with E-state index in [4.69, 9.17) is 14.2 Å². The Kier molecular flexibility index (Phi) is 5.48. The highest BCUT2D eigenvalue weighted by molar-refractivity contribution is 5.94. The maximum Gasteiger partial charge on any atom is 0.348 e. The van der Waals surface area contributed by atoms with Gasteiger partial charge in [-0.15, -0.1) is 0 Å². The molecule has 6 heteroatoms. The predicted molar refractivity (Wildman–Crippen MR) is 114 cm³/mol. The summed E-state index contributed by atoms with van der Waals surface area (Å²) in [7, 11) is 3.12. The van der Waals surface area contributed by atoms with Crippen molar-refractivity contribution in [1.82, 2.24) is 9.78 Å². The number of carbonyl (C=O) groups excluding carboxylic acids is 1. The Labute approximate surface area is 174 Å². The van der Waals surface area contributed by atoms with Crippen LogP contribution < -0.4 is 14.2 Å². The number of nitrogens with zero attached hydrogens (tertiary/aromatic N) is 2. The molecule has 0 bridgehead atoms. The molecule has 0 unspecified atom stereocenters. The third-order valence-electron chi connectivity index (χ3n) is 4.59. The van der Waals surface area contributed by atoms with Gasteiger partial charge >= 0.3 is 5.97 Å². The van der Waals surface area contributed by atoms with Crippen LogP contribution in [-0.2, 0) is 0 Å². The molecule has 150 valence electrons. The first kappa shape index (κ1) is 19.3. The Balaban J connectivity index is 1.75. The molecular formula is C24H20N2O4. The van der Waals surface area contributed by atoms with Gasteiger partial charge < -0.3 is 14.2 Å². The van der Waals surface area contributed by atoms with E-state index in [0.717, 1.165) is 17.0 Å². The molecule has 4 aromatic rings. The zero-order valence-electron chi connectivity index (χ0n) is 16.6. The van der Waals surface area contributed by atoms with Gasteiger partial charge in [-0.05, 0) is 36.4 Å². The van der Waals surface area contributed by atoms with E-state index in [9.17, 15) is 4.79 Å². The van der Waals surface area contributed by atoms with Crippen LogP contribution in [0.2, 0.25) is 0 Å². The zero-order valence-corrected chi connectivity index (χ0v) is 16.6. The minimum atomic E-state index is -0.526. The molecule has 1 heterocycles. The summed E-state index contributed by atoms with van der Waals surface area (Å²) in [5.41, 5.74) is 2.68. The second-order valence-corrected chi connectivity index (χ2v) is 6.43. The zero-order chi connectivity index (χ0) is 20.9. The molecule has 0 fully saturated rings. The largest absolute Gasteiger partial charge is 0.497 e. The number of rotatable bonds is 6. The average Bonchev–Trinajstić information content (AvgIpc) is 3.23. The standard InChI is InChI=1S/C24H20N2O4/c1-28-19-14-12-18(13-15-19)26-23(16-21(25-26)17-8-4-3-5-9-17)30-24(27)20-10-6-7-11-22(20)29-2/h3-16H,1-2H3. The second-order valence-electron chi connectivity index (χ2n) is 6.43. The van der Waals surface area contributed by atoms with Crippen molar-refractivity contribution in [2.24, 2.45) is 0 Å². The summed E-state index contributed by atoms with van der Waals surface area (Å²) in [5, 5.41) is 4.66. The van der Waals surface area contributed by atoms with Crippen LogP contribution >= 0.6 is 0 Å². The van der Waals surface area contributed by atoms with Gasteiger partial charge in [-0.3, -0.25) is 0 Å². The van der Waals surface area contributed by atoms with E-state index in [1.165, 1.54) is 7.11 Å². The third-order valence-corrected chi connectivity index (χ3v) is 4.59. The van der Waals surface area contributed by atoms with E-state index in [0.29, 0.717) is 22.9 Å². The molecule has 30 heavy (non-hydrogen) atoms. The second kappa shape index (κ2) is 8.53. The van der Waals surface area contributed by atoms with Crippen molar-refractivity contribution in [3.05, 3.63) is 90.5 Å². The molecular weight excluding hydrogens is 380 g/mol. The fraction of sp³-hybridized carbons (Fsp3) is 0.0833. The number of para-hydroxylation sites is 1. The van der Waals surface area contributed by atoms with Crippen molar-refractivity contribution in [2.75, 3.05) is 14.2 Å². The molecule has 0 N–H and O–H groups in total. The van der Waals surface area contributed by atoms with Gasteiger partial charge in [-0.25, -0.2) is 4.79 Å². The monoisotopic (exact) mass is 400 g/mol. The number of benzene rings is 3. The number of hydrogen-bond acceptors (Lipinski definition) is 5. The molecule has 4 rings (SSSR count). The molecule has 0 amide bonds. The van der Waals surface area contributed by atoms with Crippen molar-refractivity contribution < 1.29 is 19.0 Å². The van der Waals surface area contributed by atoms with E-state index in [2.05, 4.69) is 5.10 Å². The predicted octanol–water partition coefficient (Wildman–Crippen LogP) is 4.78. The van der Waals surface area contributed by atoms with Crippen LogP contribution in [0.15, 0.2) is 84.9 Å². The number of aromatic nitrogens is 2. The van der Waals surface area contributed by atoms with Gasteiger partial charge in [0.05, 0.1) is 25.6 Å². The number of ether oxygens (including phenoxy) is 3. The van der Waals surface area contributed by atoms with Crippen LogP contribution in [0.5, 0.6) is 17.4 Å². The first-order chi connectivity index (χ1) is 14.7. The van der Waals surface area contributed by atoms with Crippen molar-refractivity contribution in [1.29, 1.82) is 0 Å². The molecule has 0 atom stereocenters. The fourth-order valence-electron chi connectivity index (χ4n) is 3.06. The molecule has 0 radical (unpaired) electrons. The third kappa shape index (κ3) is 3.89. The minimum absolute atomic E-state index is 0.301. The van der Waals surface area contributed by atoms with Crippen LogP contribution in [0.4, 0.5) is 0 Å². The first-order valence-electron chi connectivity index (χ1n) is 9.34. The van der Waals surface area contributed by atoms with Crippen molar-refractivity contribution >= 4 is 5.97 Å². The summed E-state index contributed by atoms with van der Waals surface area (Å²) in [6, 6.07) is 25.7. The topological polar surface area (TPSA) is 62.6 Å². The van der Waals surface area contributed by atoms with Crippen molar-refractivity contribution in [3.63, 3.8) is 0 Å². The highest BCUT2D eigenvalue weighted by Gasteiger charge is 2.19. The SMILES string of the molecule is COc1ccc(-n2nc(-c3ccccc3)cc2OC(=O)c2ccccc2OC)cc1. The molecule has 0 spiro atoms. The van der Waals surface area contributed by atoms with Gasteiger partial charge in [0.25, 0.3) is 0 Å². The maximum absolute atomic E-state index is 12.9. The summed E-state index contributed by atoms with van der Waals surface area (Å²) < 4.78 is 17.8. The Bertz CT molecular complexity index is 1150. The van der Waals surface area contributed by atoms with Crippen LogP contribution in [0.1, 0.15) is 10.4 Å². The molecule has 0 saturated heterocycles. The van der Waals surface area contributed by atoms with Gasteiger partial charge in [-0.2, -0.15) is 9.78 Å². The van der Waals surface area contributed by atoms with Gasteiger partial charge in [0.2, 0.25) is 5.88 Å². The Morgan fingerprint density at radius 1 is 0.833 bits per heavy atom. The molecule has 0 saturated carbocycles. The highest BCUT2D eigenvalue weighted by atomic mass is 16.5. The smallest absolute Gasteiger partial charge is 0.348 e. The van der Waals surface area contributed by atoms with Crippen molar-refractivity contribution in [2.45, 2.75) is 0 Å². The molecule has 6 nitrogen and oxygen atoms in total. The van der Waals surface area contributed by atoms with E-state index in [1.54, 1.807) is 42.1 Å². The fourth-order valence-corrected chi connectivity index (χ4v) is 3.06. The normalized spacial score (nSPS) is 10.5. The van der Waals surface area contributed by atoms with E-state index >= 15 is 0 Å². The van der Waals surface area contributed by atoms with E-state index < -0.39 is 5.97 Å². The summed E-state index contributed by atoms with van der Waals surface area (Å²) in [5.74, 6) is 0.944. The lowest BCUT2D eigenvalue weighted by molar-refractivity contribution is 0.0719. The van der Waals surface area contributed by atoms with Crippen LogP contribution in [-0.4, -0.2) is 30.0 Å². The van der Waals surface area contributed by atoms with E-state index in [-0.39, 0.29) is 0 Å². The van der Waals surface area contributed by atoms with Crippen LogP contribution in [0.25, 0.3) is 16.9 Å². The molecule has 3 aromatic carbocycles. The highest BCUT2D eigenvalue weighted by Crippen LogP contribution is 2.28. The number of esters is 1. The summed E-state index contributed by atoms with van der Waals surface area (Å²) >= 11 is 0. The van der Waals surface area contributed by atoms with Gasteiger partial charge in [0.15, 0.2) is 0 Å². The summed E-state index contributed by atoms with van der Waals surface area (Å²) in [4.78, 5) is 12.9. The quantitative estimate of drug-likeness (QED) is 0.436. The first-order valence-corrected chi connectivity index (χ1v) is 9.34. The lowest BCUT2D eigenvalue weighted by Gasteiger charge is -2.10. The van der Waals surface area contributed by atoms with Gasteiger partial charge in [0, 0.05) is 11.6 Å². The minimum Gasteiger partial charge on any atom is -0.497 e. The van der Waals surface area contributed by atoms with Gasteiger partial charge in [0.1, 0.15) is 17.1 Å². The number of carbonyl (C=O) groups is 1. The lowest BCUT2D eigenvalue weighted by Crippen LogP contribution is -2.12. The number of hydrogen-bond donors (Lipinski definition) is 0. The lowest BCUT2D eigenvalue weighted by atomic mass is 10.2.